The maximum Gasteiger partial charge on any atom is 0.373 e. The van der Waals surface area contributed by atoms with Crippen LogP contribution in [0.3, 0.4) is 0 Å². The van der Waals surface area contributed by atoms with Gasteiger partial charge in [-0.2, -0.15) is 28.8 Å². The van der Waals surface area contributed by atoms with Gasteiger partial charge in [0.25, 0.3) is 0 Å². The second-order valence-corrected chi connectivity index (χ2v) is 23.1. The molecule has 0 amide bonds. The fourth-order valence-electron chi connectivity index (χ4n) is 7.08. The van der Waals surface area contributed by atoms with Crippen LogP contribution in [0.2, 0.25) is 0 Å². The first-order valence-corrected chi connectivity index (χ1v) is 25.1. The maximum absolute atomic E-state index is 10.5. The highest BCUT2D eigenvalue weighted by atomic mass is 16.7. The van der Waals surface area contributed by atoms with Crippen molar-refractivity contribution in [2.75, 3.05) is 26.4 Å². The van der Waals surface area contributed by atoms with Crippen molar-refractivity contribution in [2.45, 2.75) is 261 Å². The molecule has 0 radical (unpaired) electrons. The van der Waals surface area contributed by atoms with E-state index in [1.807, 2.05) is 62.3 Å². The minimum atomic E-state index is -1.51. The molecule has 0 saturated carbocycles. The molecule has 5 aliphatic heterocycles. The summed E-state index contributed by atoms with van der Waals surface area (Å²) in [4.78, 5) is 48.8. The number of carbonyl (C=O) groups excluding carboxylic acids is 6. The summed E-state index contributed by atoms with van der Waals surface area (Å²) in [5.41, 5.74) is -2.44. The summed E-state index contributed by atoms with van der Waals surface area (Å²) in [6.45, 7) is 26.6. The molecule has 31 heteroatoms. The lowest BCUT2D eigenvalue weighted by Gasteiger charge is -2.45. The van der Waals surface area contributed by atoms with Gasteiger partial charge in [-0.3, -0.25) is 0 Å². The van der Waals surface area contributed by atoms with Crippen LogP contribution >= 0.6 is 0 Å². The first kappa shape index (κ1) is 81.9. The molecule has 4 saturated heterocycles. The predicted molar refractivity (Wildman–Crippen MR) is 267 cm³/mol. The molecule has 81 heavy (non-hydrogen) atoms. The molecule has 0 aromatic heterocycles. The molecule has 4 fully saturated rings. The molecule has 5 heterocycles. The minimum absolute atomic E-state index is 0. The van der Waals surface area contributed by atoms with Gasteiger partial charge in [0.2, 0.25) is 6.29 Å². The van der Waals surface area contributed by atoms with Crippen molar-refractivity contribution >= 4 is 18.5 Å². The normalized spacial score (nSPS) is 34.8. The molecule has 15 N–H and O–H groups in total. The van der Waals surface area contributed by atoms with Crippen molar-refractivity contribution in [3.63, 3.8) is 0 Å². The van der Waals surface area contributed by atoms with Gasteiger partial charge in [0.1, 0.15) is 85.5 Å². The maximum atomic E-state index is 10.5. The molecule has 5 aliphatic rings. The molecule has 31 nitrogen and oxygen atoms in total. The molecule has 20 unspecified atom stereocenters. The van der Waals surface area contributed by atoms with E-state index in [0.29, 0.717) is 0 Å². The number of aliphatic hydroxyl groups excluding tert-OH is 13. The molecule has 0 aromatic carbocycles. The topological polar surface area (TPSA) is 498 Å². The zero-order chi connectivity index (χ0) is 62.9. The summed E-state index contributed by atoms with van der Waals surface area (Å²) in [6.07, 6.45) is -17.4. The second kappa shape index (κ2) is 37.9. The van der Waals surface area contributed by atoms with Gasteiger partial charge < -0.3 is 124 Å². The minimum Gasteiger partial charge on any atom is -0.470 e. The van der Waals surface area contributed by atoms with E-state index in [4.69, 9.17) is 86.0 Å². The summed E-state index contributed by atoms with van der Waals surface area (Å²) in [6, 6.07) is 0. The van der Waals surface area contributed by atoms with Crippen molar-refractivity contribution in [3.05, 3.63) is 12.3 Å². The molecule has 478 valence electrons. The first-order chi connectivity index (χ1) is 36.5. The Hall–Kier alpha value is -3.28. The Labute approximate surface area is 470 Å². The Morgan fingerprint density at radius 3 is 1.26 bits per heavy atom. The first-order valence-electron chi connectivity index (χ1n) is 25.1. The van der Waals surface area contributed by atoms with Gasteiger partial charge in [-0.25, -0.2) is 0 Å². The Balaban J connectivity index is -0.000000991. The summed E-state index contributed by atoms with van der Waals surface area (Å²) in [7, 11) is 0. The number of rotatable bonds is 9. The highest BCUT2D eigenvalue weighted by Crippen LogP contribution is 2.31. The number of aliphatic hydroxyl groups is 13. The van der Waals surface area contributed by atoms with Crippen LogP contribution in [0.5, 0.6) is 0 Å². The van der Waals surface area contributed by atoms with Gasteiger partial charge in [-0.05, 0) is 110 Å². The highest BCUT2D eigenvalue weighted by Gasteiger charge is 2.49. The average Bonchev–Trinajstić information content (AvgIpc) is 3.31. The molecule has 5 rings (SSSR count). The van der Waals surface area contributed by atoms with E-state index < -0.39 is 164 Å². The molecule has 0 bridgehead atoms. The number of ether oxygens (including phenoxy) is 11. The quantitative estimate of drug-likeness (QED) is 0.104. The van der Waals surface area contributed by atoms with Gasteiger partial charge >= 0.3 is 18.5 Å². The second-order valence-electron chi connectivity index (χ2n) is 23.1. The fraction of sp³-hybridized carbons (Fsp3) is 0.900. The average molecular weight is 1190 g/mol. The van der Waals surface area contributed by atoms with Crippen molar-refractivity contribution in [1.29, 1.82) is 0 Å². The van der Waals surface area contributed by atoms with E-state index >= 15 is 0 Å². The molecule has 0 spiro atoms. The summed E-state index contributed by atoms with van der Waals surface area (Å²) in [5.74, 6) is 0. The Kier molecular flexibility index (Phi) is 38.3. The van der Waals surface area contributed by atoms with Crippen LogP contribution in [-0.4, -0.2) is 268 Å². The number of hydrogen-bond acceptors (Lipinski definition) is 30. The van der Waals surface area contributed by atoms with Crippen LogP contribution in [0.4, 0.5) is 0 Å². The largest absolute Gasteiger partial charge is 0.470 e. The van der Waals surface area contributed by atoms with Gasteiger partial charge in [-0.15, -0.1) is 0 Å². The summed E-state index contributed by atoms with van der Waals surface area (Å²) in [5, 5.41) is 125. The van der Waals surface area contributed by atoms with Crippen molar-refractivity contribution in [3.8, 4) is 0 Å². The summed E-state index contributed by atoms with van der Waals surface area (Å²) < 4.78 is 59.7. The molecule has 0 aliphatic carbocycles. The van der Waals surface area contributed by atoms with Gasteiger partial charge in [0, 0.05) is 6.42 Å². The van der Waals surface area contributed by atoms with Crippen LogP contribution in [0, 0.1) is 0 Å². The third kappa shape index (κ3) is 33.1. The van der Waals surface area contributed by atoms with Crippen molar-refractivity contribution in [2.24, 2.45) is 0 Å². The Morgan fingerprint density at radius 1 is 0.457 bits per heavy atom. The molecular weight excluding hydrogens is 1100 g/mol. The van der Waals surface area contributed by atoms with E-state index in [1.165, 1.54) is 12.3 Å². The van der Waals surface area contributed by atoms with Gasteiger partial charge in [0.05, 0.1) is 66.8 Å². The highest BCUT2D eigenvalue weighted by molar-refractivity contribution is 5.20. The van der Waals surface area contributed by atoms with E-state index in [0.717, 1.165) is 0 Å². The smallest absolute Gasteiger partial charge is 0.373 e. The predicted octanol–water partition coefficient (Wildman–Crippen LogP) is -4.42. The zero-order valence-corrected chi connectivity index (χ0v) is 48.5. The lowest BCUT2D eigenvalue weighted by molar-refractivity contribution is -0.344. The van der Waals surface area contributed by atoms with Crippen LogP contribution in [-0.2, 0) is 80.9 Å². The Morgan fingerprint density at radius 2 is 0.852 bits per heavy atom. The zero-order valence-electron chi connectivity index (χ0n) is 48.5. The van der Waals surface area contributed by atoms with Crippen molar-refractivity contribution in [1.82, 2.24) is 0 Å². The van der Waals surface area contributed by atoms with Crippen LogP contribution in [0.1, 0.15) is 110 Å². The third-order valence-electron chi connectivity index (χ3n) is 10.3. The van der Waals surface area contributed by atoms with E-state index in [1.54, 1.807) is 41.5 Å². The standard InChI is InChI=1S/C19H36O9.C10H20O6.C9H18O5.C9H16O4.3CO2.H2O/c1-18(2,3)27-13-7-10(21)12(9-24-13)26-17-15(23)14(22)16(11(8-20)25-17)28-19(4,5)6;1-10(2,3)16-8-5(4-11)15-9(14)7(13)6(8)12;1-9(2,3)14-8-7(12)6(11)5(10)4-13-8;1-9(2,3)13-8-7(11)6(10)4-5-12-8;3*2-1-3;/h10-17,20-23H,7-9H2,1-6H3;5-9,11-14H,4H2,1-3H3;5-8,10-12H,4H2,1-3H3;4-8,10-11H,1-3H3;;;;1H2. The lowest BCUT2D eigenvalue weighted by atomic mass is 9.97. The molecule has 20 atom stereocenters. The van der Waals surface area contributed by atoms with Crippen molar-refractivity contribution < 1.29 is 153 Å². The number of hydrogen-bond donors (Lipinski definition) is 13. The fourth-order valence-corrected chi connectivity index (χ4v) is 7.08. The van der Waals surface area contributed by atoms with Crippen LogP contribution < -0.4 is 0 Å². The molecule has 0 aromatic rings. The van der Waals surface area contributed by atoms with E-state index in [-0.39, 0.29) is 43.6 Å². The third-order valence-corrected chi connectivity index (χ3v) is 10.3. The van der Waals surface area contributed by atoms with Gasteiger partial charge in [0.15, 0.2) is 25.2 Å². The summed E-state index contributed by atoms with van der Waals surface area (Å²) >= 11 is 0. The SMILES string of the molecule is CC(C)(C)OC1C(CO)OC(O)C(O)C1O.CC(C)(C)OC1CC(O)C(OC2OC(CO)C(OC(C)(C)C)C(O)C2O)CO1.CC(C)(C)OC1OC=CC(O)C1O.CC(C)(C)OC1OCC(O)C(O)C1O.O.O=C=O.O=C=O.O=C=O. The van der Waals surface area contributed by atoms with Gasteiger partial charge in [-0.1, -0.05) is 0 Å². The molecular formula is C50H92O31. The van der Waals surface area contributed by atoms with E-state index in [9.17, 15) is 61.3 Å². The van der Waals surface area contributed by atoms with Crippen LogP contribution in [0.15, 0.2) is 12.3 Å². The van der Waals surface area contributed by atoms with Crippen LogP contribution in [0.25, 0.3) is 0 Å². The van der Waals surface area contributed by atoms with E-state index in [2.05, 4.69) is 0 Å². The lowest BCUT2D eigenvalue weighted by Crippen LogP contribution is -2.62. The monoisotopic (exact) mass is 1190 g/mol. The Bertz CT molecular complexity index is 1770.